The number of nitrogens with one attached hydrogen (secondary N) is 1. The van der Waals surface area contributed by atoms with E-state index in [1.807, 2.05) is 30.3 Å². The zero-order valence-electron chi connectivity index (χ0n) is 14.1. The van der Waals surface area contributed by atoms with E-state index in [2.05, 4.69) is 43.2 Å². The number of nitrogens with zero attached hydrogens (tertiary/aromatic N) is 1. The van der Waals surface area contributed by atoms with E-state index in [0.29, 0.717) is 12.1 Å². The Hall–Kier alpha value is -2.42. The molecular formula is C20H24N2O. The normalized spacial score (nSPS) is 11.3. The molecule has 1 N–H and O–H groups in total. The third-order valence-corrected chi connectivity index (χ3v) is 3.67. The molecule has 0 radical (unpaired) electrons. The summed E-state index contributed by atoms with van der Waals surface area (Å²) < 4.78 is 0. The van der Waals surface area contributed by atoms with Crippen LogP contribution in [0.15, 0.2) is 59.8 Å². The van der Waals surface area contributed by atoms with Crippen LogP contribution in [0.1, 0.15) is 44.0 Å². The number of allylic oxidation sites excluding steroid dienone is 3. The Labute approximate surface area is 138 Å². The summed E-state index contributed by atoms with van der Waals surface area (Å²) in [6.07, 6.45) is 8.15. The van der Waals surface area contributed by atoms with Crippen LogP contribution >= 0.6 is 0 Å². The molecule has 2 aromatic rings. The summed E-state index contributed by atoms with van der Waals surface area (Å²) in [4.78, 5) is 16.5. The van der Waals surface area contributed by atoms with E-state index < -0.39 is 0 Å². The molecule has 23 heavy (non-hydrogen) atoms. The predicted octanol–water partition coefficient (Wildman–Crippen LogP) is 4.66. The second-order valence-corrected chi connectivity index (χ2v) is 5.99. The Kier molecular flexibility index (Phi) is 6.10. The Balaban J connectivity index is 1.89. The molecular weight excluding hydrogens is 284 g/mol. The molecule has 1 aromatic carbocycles. The minimum absolute atomic E-state index is 0.0518. The second-order valence-electron chi connectivity index (χ2n) is 5.99. The number of hydrogen-bond donors (Lipinski definition) is 1. The number of carbonyl (C=O) groups excluding carboxylic acids is 1. The van der Waals surface area contributed by atoms with Gasteiger partial charge in [0.1, 0.15) is 0 Å². The molecule has 120 valence electrons. The topological polar surface area (TPSA) is 42.0 Å². The van der Waals surface area contributed by atoms with E-state index in [0.717, 1.165) is 23.7 Å². The van der Waals surface area contributed by atoms with E-state index in [1.54, 1.807) is 6.20 Å². The van der Waals surface area contributed by atoms with Crippen LogP contribution in [0.2, 0.25) is 0 Å². The van der Waals surface area contributed by atoms with Crippen molar-refractivity contribution < 1.29 is 4.79 Å². The summed E-state index contributed by atoms with van der Waals surface area (Å²) >= 11 is 0. The predicted molar refractivity (Wildman–Crippen MR) is 96.5 cm³/mol. The smallest absolute Gasteiger partial charge is 0.251 e. The van der Waals surface area contributed by atoms with Crippen molar-refractivity contribution in [2.24, 2.45) is 0 Å². The maximum atomic E-state index is 12.2. The van der Waals surface area contributed by atoms with Crippen molar-refractivity contribution >= 4 is 16.8 Å². The van der Waals surface area contributed by atoms with Gasteiger partial charge in [0.25, 0.3) is 5.91 Å². The highest BCUT2D eigenvalue weighted by Crippen LogP contribution is 2.13. The Morgan fingerprint density at radius 3 is 2.78 bits per heavy atom. The summed E-state index contributed by atoms with van der Waals surface area (Å²) in [7, 11) is 0. The van der Waals surface area contributed by atoms with Crippen LogP contribution in [0, 0.1) is 0 Å². The van der Waals surface area contributed by atoms with Crippen molar-refractivity contribution in [3.8, 4) is 0 Å². The van der Waals surface area contributed by atoms with Gasteiger partial charge < -0.3 is 5.32 Å². The molecule has 0 aliphatic rings. The number of amides is 1. The molecule has 0 aliphatic carbocycles. The van der Waals surface area contributed by atoms with Gasteiger partial charge in [-0.3, -0.25) is 9.78 Å². The second kappa shape index (κ2) is 8.28. The van der Waals surface area contributed by atoms with E-state index >= 15 is 0 Å². The molecule has 1 heterocycles. The highest BCUT2D eigenvalue weighted by molar-refractivity contribution is 5.97. The fourth-order valence-corrected chi connectivity index (χ4v) is 2.33. The average molecular weight is 308 g/mol. The molecule has 3 heteroatoms. The Morgan fingerprint density at radius 1 is 1.17 bits per heavy atom. The van der Waals surface area contributed by atoms with Gasteiger partial charge in [-0.05, 0) is 57.9 Å². The molecule has 0 unspecified atom stereocenters. The van der Waals surface area contributed by atoms with E-state index in [4.69, 9.17) is 0 Å². The fraction of sp³-hybridized carbons (Fsp3) is 0.300. The highest BCUT2D eigenvalue weighted by atomic mass is 16.1. The first kappa shape index (κ1) is 16.9. The highest BCUT2D eigenvalue weighted by Gasteiger charge is 2.05. The van der Waals surface area contributed by atoms with E-state index in [-0.39, 0.29) is 5.91 Å². The molecule has 1 aromatic heterocycles. The van der Waals surface area contributed by atoms with Crippen molar-refractivity contribution in [2.75, 3.05) is 6.54 Å². The molecule has 1 amide bonds. The lowest BCUT2D eigenvalue weighted by Crippen LogP contribution is -2.23. The molecule has 0 atom stereocenters. The molecule has 0 saturated heterocycles. The van der Waals surface area contributed by atoms with Crippen LogP contribution in [-0.2, 0) is 0 Å². The maximum absolute atomic E-state index is 12.2. The monoisotopic (exact) mass is 308 g/mol. The number of benzene rings is 1. The molecule has 3 nitrogen and oxygen atoms in total. The molecule has 2 rings (SSSR count). The van der Waals surface area contributed by atoms with Crippen molar-refractivity contribution in [1.82, 2.24) is 10.3 Å². The fourth-order valence-electron chi connectivity index (χ4n) is 2.33. The van der Waals surface area contributed by atoms with Crippen molar-refractivity contribution in [2.45, 2.75) is 33.6 Å². The summed E-state index contributed by atoms with van der Waals surface area (Å²) in [5.74, 6) is -0.0518. The standard InChI is InChI=1S/C20H24N2O/c1-15(2)6-4-7-16(3)11-13-22-20(23)18-9-10-19-17(14-18)8-5-12-21-19/h5-6,8-12,14H,4,7,13H2,1-3H3,(H,22,23). The first-order chi connectivity index (χ1) is 11.1. The lowest BCUT2D eigenvalue weighted by molar-refractivity contribution is 0.0958. The van der Waals surface area contributed by atoms with Crippen LogP contribution in [-0.4, -0.2) is 17.4 Å². The minimum Gasteiger partial charge on any atom is -0.349 e. The molecule has 0 fully saturated rings. The number of hydrogen-bond acceptors (Lipinski definition) is 2. The van der Waals surface area contributed by atoms with E-state index in [9.17, 15) is 4.79 Å². The first-order valence-electron chi connectivity index (χ1n) is 7.98. The largest absolute Gasteiger partial charge is 0.349 e. The molecule has 0 spiro atoms. The quantitative estimate of drug-likeness (QED) is 0.789. The molecule has 0 bridgehead atoms. The molecule has 0 aliphatic heterocycles. The lowest BCUT2D eigenvalue weighted by Gasteiger charge is -2.05. The van der Waals surface area contributed by atoms with Crippen molar-refractivity contribution in [3.05, 3.63) is 65.4 Å². The van der Waals surface area contributed by atoms with Gasteiger partial charge in [-0.15, -0.1) is 0 Å². The zero-order chi connectivity index (χ0) is 16.7. The summed E-state index contributed by atoms with van der Waals surface area (Å²) in [5, 5.41) is 3.92. The number of pyridine rings is 1. The van der Waals surface area contributed by atoms with Gasteiger partial charge in [0.2, 0.25) is 0 Å². The Morgan fingerprint density at radius 2 is 2.00 bits per heavy atom. The lowest BCUT2D eigenvalue weighted by atomic mass is 10.1. The number of fused-ring (bicyclic) bond motifs is 1. The van der Waals surface area contributed by atoms with Crippen molar-refractivity contribution in [3.63, 3.8) is 0 Å². The first-order valence-corrected chi connectivity index (χ1v) is 7.98. The number of carbonyl (C=O) groups is 1. The van der Waals surface area contributed by atoms with Crippen LogP contribution in [0.5, 0.6) is 0 Å². The Bertz CT molecular complexity index is 740. The average Bonchev–Trinajstić information content (AvgIpc) is 2.54. The van der Waals surface area contributed by atoms with Gasteiger partial charge in [-0.1, -0.05) is 29.4 Å². The van der Waals surface area contributed by atoms with Crippen LogP contribution in [0.4, 0.5) is 0 Å². The third kappa shape index (κ3) is 5.37. The van der Waals surface area contributed by atoms with Gasteiger partial charge in [0.15, 0.2) is 0 Å². The van der Waals surface area contributed by atoms with Crippen LogP contribution < -0.4 is 5.32 Å². The third-order valence-electron chi connectivity index (χ3n) is 3.67. The van der Waals surface area contributed by atoms with Gasteiger partial charge in [-0.2, -0.15) is 0 Å². The van der Waals surface area contributed by atoms with Gasteiger partial charge in [0.05, 0.1) is 5.52 Å². The summed E-state index contributed by atoms with van der Waals surface area (Å²) in [5.41, 5.74) is 4.21. The van der Waals surface area contributed by atoms with Crippen LogP contribution in [0.25, 0.3) is 10.9 Å². The minimum atomic E-state index is -0.0518. The number of rotatable bonds is 6. The maximum Gasteiger partial charge on any atom is 0.251 e. The van der Waals surface area contributed by atoms with Gasteiger partial charge >= 0.3 is 0 Å². The number of aromatic nitrogens is 1. The van der Waals surface area contributed by atoms with Gasteiger partial charge in [0, 0.05) is 23.7 Å². The zero-order valence-corrected chi connectivity index (χ0v) is 14.1. The SMILES string of the molecule is CC(C)=CCCC(C)=CCNC(=O)c1ccc2ncccc2c1. The van der Waals surface area contributed by atoms with Gasteiger partial charge in [-0.25, -0.2) is 0 Å². The molecule has 0 saturated carbocycles. The summed E-state index contributed by atoms with van der Waals surface area (Å²) in [6, 6.07) is 9.42. The van der Waals surface area contributed by atoms with Crippen LogP contribution in [0.3, 0.4) is 0 Å². The van der Waals surface area contributed by atoms with Crippen molar-refractivity contribution in [1.29, 1.82) is 0 Å². The summed E-state index contributed by atoms with van der Waals surface area (Å²) in [6.45, 7) is 6.88. The van der Waals surface area contributed by atoms with E-state index in [1.165, 1.54) is 11.1 Å².